The van der Waals surface area contributed by atoms with Gasteiger partial charge in [-0.2, -0.15) is 0 Å². The van der Waals surface area contributed by atoms with Gasteiger partial charge in [-0.05, 0) is 56.4 Å². The Kier molecular flexibility index (Phi) is 5.75. The van der Waals surface area contributed by atoms with E-state index in [2.05, 4.69) is 5.32 Å². The molecule has 34 heavy (non-hydrogen) atoms. The molecule has 2 aromatic carbocycles. The van der Waals surface area contributed by atoms with Crippen molar-refractivity contribution in [1.29, 1.82) is 0 Å². The second-order valence-electron chi connectivity index (χ2n) is 8.55. The Balaban J connectivity index is 1.62. The van der Waals surface area contributed by atoms with E-state index in [0.29, 0.717) is 16.9 Å². The molecule has 2 aromatic heterocycles. The van der Waals surface area contributed by atoms with Gasteiger partial charge in [0.05, 0.1) is 16.6 Å². The van der Waals surface area contributed by atoms with Gasteiger partial charge in [0.1, 0.15) is 17.2 Å². The summed E-state index contributed by atoms with van der Waals surface area (Å²) >= 11 is 1.59. The standard InChI is InChI=1S/C26H24N4O3S/c1-15-7-6-8-16(13-15)24-29-25-22(18-10-3-5-12-20(18)34-25)26(33)30(24)14-21(31)28-19-11-4-2-9-17(19)23(27)32/h2,4,6-9,11,13H,3,5,10,12,14H2,1H3,(H2,27,32)(H,28,31). The predicted molar refractivity (Wildman–Crippen MR) is 134 cm³/mol. The second-order valence-corrected chi connectivity index (χ2v) is 9.63. The van der Waals surface area contributed by atoms with Crippen molar-refractivity contribution in [3.63, 3.8) is 0 Å². The smallest absolute Gasteiger partial charge is 0.263 e. The highest BCUT2D eigenvalue weighted by Gasteiger charge is 2.24. The highest BCUT2D eigenvalue weighted by atomic mass is 32.1. The van der Waals surface area contributed by atoms with Gasteiger partial charge in [-0.25, -0.2) is 4.98 Å². The molecule has 0 spiro atoms. The van der Waals surface area contributed by atoms with Crippen LogP contribution in [-0.2, 0) is 24.2 Å². The van der Waals surface area contributed by atoms with E-state index in [1.54, 1.807) is 35.6 Å². The molecule has 8 heteroatoms. The first kappa shape index (κ1) is 22.0. The van der Waals surface area contributed by atoms with E-state index in [1.165, 1.54) is 9.44 Å². The van der Waals surface area contributed by atoms with Gasteiger partial charge < -0.3 is 11.1 Å². The first-order valence-corrected chi connectivity index (χ1v) is 12.0. The Morgan fingerprint density at radius 2 is 1.91 bits per heavy atom. The molecule has 1 aliphatic carbocycles. The van der Waals surface area contributed by atoms with Crippen LogP contribution in [0.15, 0.2) is 53.3 Å². The Morgan fingerprint density at radius 1 is 1.12 bits per heavy atom. The summed E-state index contributed by atoms with van der Waals surface area (Å²) in [6.07, 6.45) is 3.97. The van der Waals surface area contributed by atoms with Gasteiger partial charge in [-0.15, -0.1) is 11.3 Å². The van der Waals surface area contributed by atoms with Crippen molar-refractivity contribution in [2.45, 2.75) is 39.2 Å². The number of amides is 2. The molecular weight excluding hydrogens is 448 g/mol. The van der Waals surface area contributed by atoms with Crippen molar-refractivity contribution in [3.05, 3.63) is 80.5 Å². The van der Waals surface area contributed by atoms with E-state index in [-0.39, 0.29) is 17.7 Å². The second kappa shape index (κ2) is 8.87. The van der Waals surface area contributed by atoms with Crippen molar-refractivity contribution in [1.82, 2.24) is 9.55 Å². The molecule has 0 radical (unpaired) electrons. The summed E-state index contributed by atoms with van der Waals surface area (Å²) in [6.45, 7) is 1.74. The number of aryl methyl sites for hydroxylation is 3. The molecule has 172 valence electrons. The van der Waals surface area contributed by atoms with Crippen molar-refractivity contribution in [3.8, 4) is 11.4 Å². The summed E-state index contributed by atoms with van der Waals surface area (Å²) in [4.78, 5) is 45.4. The fourth-order valence-corrected chi connectivity index (χ4v) is 5.78. The van der Waals surface area contributed by atoms with Crippen molar-refractivity contribution in [2.75, 3.05) is 5.32 Å². The number of fused-ring (bicyclic) bond motifs is 3. The maximum Gasteiger partial charge on any atom is 0.263 e. The van der Waals surface area contributed by atoms with Gasteiger partial charge >= 0.3 is 0 Å². The van der Waals surface area contributed by atoms with Crippen LogP contribution in [0.1, 0.15) is 39.2 Å². The van der Waals surface area contributed by atoms with Crippen LogP contribution in [0.3, 0.4) is 0 Å². The number of primary amides is 1. The quantitative estimate of drug-likeness (QED) is 0.457. The number of rotatable bonds is 5. The monoisotopic (exact) mass is 472 g/mol. The first-order valence-electron chi connectivity index (χ1n) is 11.2. The summed E-state index contributed by atoms with van der Waals surface area (Å²) in [7, 11) is 0. The molecule has 0 unspecified atom stereocenters. The van der Waals surface area contributed by atoms with Crippen LogP contribution in [0.2, 0.25) is 0 Å². The third-order valence-electron chi connectivity index (χ3n) is 6.12. The topological polar surface area (TPSA) is 107 Å². The van der Waals surface area contributed by atoms with Crippen LogP contribution < -0.4 is 16.6 Å². The number of nitrogens with zero attached hydrogens (tertiary/aromatic N) is 2. The molecule has 1 aliphatic rings. The van der Waals surface area contributed by atoms with Crippen LogP contribution in [0.4, 0.5) is 5.69 Å². The van der Waals surface area contributed by atoms with Crippen molar-refractivity contribution in [2.24, 2.45) is 5.73 Å². The van der Waals surface area contributed by atoms with E-state index in [1.807, 2.05) is 31.2 Å². The Morgan fingerprint density at radius 3 is 2.71 bits per heavy atom. The number of thiophene rings is 1. The van der Waals surface area contributed by atoms with Gasteiger partial charge in [-0.3, -0.25) is 19.0 Å². The van der Waals surface area contributed by atoms with Crippen LogP contribution in [0.5, 0.6) is 0 Å². The number of benzene rings is 2. The summed E-state index contributed by atoms with van der Waals surface area (Å²) in [5, 5.41) is 3.36. The Hall–Kier alpha value is -3.78. The molecule has 0 atom stereocenters. The molecule has 0 saturated heterocycles. The molecule has 5 rings (SSSR count). The third kappa shape index (κ3) is 4.01. The maximum atomic E-state index is 13.8. The number of carbonyl (C=O) groups is 2. The zero-order valence-corrected chi connectivity index (χ0v) is 19.6. The lowest BCUT2D eigenvalue weighted by atomic mass is 9.97. The Labute approximate surface area is 200 Å². The fourth-order valence-electron chi connectivity index (χ4n) is 4.53. The molecule has 2 amide bonds. The fraction of sp³-hybridized carbons (Fsp3) is 0.231. The number of carbonyl (C=O) groups excluding carboxylic acids is 2. The molecule has 4 aromatic rings. The highest BCUT2D eigenvalue weighted by Crippen LogP contribution is 2.35. The minimum absolute atomic E-state index is 0.209. The zero-order valence-electron chi connectivity index (χ0n) is 18.8. The van der Waals surface area contributed by atoms with Crippen LogP contribution in [0.25, 0.3) is 21.6 Å². The molecular formula is C26H24N4O3S. The number of hydrogen-bond donors (Lipinski definition) is 2. The predicted octanol–water partition coefficient (Wildman–Crippen LogP) is 4.05. The average Bonchev–Trinajstić information content (AvgIpc) is 3.19. The van der Waals surface area contributed by atoms with Gasteiger partial charge in [0.2, 0.25) is 5.91 Å². The number of nitrogens with one attached hydrogen (secondary N) is 1. The summed E-state index contributed by atoms with van der Waals surface area (Å²) in [5.41, 5.74) is 8.64. The van der Waals surface area contributed by atoms with E-state index >= 15 is 0 Å². The molecule has 3 N–H and O–H groups in total. The number of aromatic nitrogens is 2. The van der Waals surface area contributed by atoms with Gasteiger partial charge in [0, 0.05) is 10.4 Å². The number of para-hydroxylation sites is 1. The van der Waals surface area contributed by atoms with Gasteiger partial charge in [-0.1, -0.05) is 35.9 Å². The SMILES string of the molecule is Cc1cccc(-c2nc3sc4c(c3c(=O)n2CC(=O)Nc2ccccc2C(N)=O)CCCC4)c1. The molecule has 0 saturated carbocycles. The maximum absolute atomic E-state index is 13.8. The van der Waals surface area contributed by atoms with Crippen molar-refractivity contribution < 1.29 is 9.59 Å². The number of nitrogens with two attached hydrogens (primary N) is 1. The summed E-state index contributed by atoms with van der Waals surface area (Å²) in [5.74, 6) is -0.616. The summed E-state index contributed by atoms with van der Waals surface area (Å²) in [6, 6.07) is 14.3. The molecule has 0 bridgehead atoms. The third-order valence-corrected chi connectivity index (χ3v) is 7.31. The lowest BCUT2D eigenvalue weighted by Gasteiger charge is -2.15. The highest BCUT2D eigenvalue weighted by molar-refractivity contribution is 7.18. The lowest BCUT2D eigenvalue weighted by Crippen LogP contribution is -2.30. The van der Waals surface area contributed by atoms with Crippen LogP contribution >= 0.6 is 11.3 Å². The molecule has 2 heterocycles. The Bertz CT molecular complexity index is 1500. The zero-order chi connectivity index (χ0) is 23.8. The van der Waals surface area contributed by atoms with E-state index in [0.717, 1.165) is 47.2 Å². The number of hydrogen-bond acceptors (Lipinski definition) is 5. The molecule has 0 fully saturated rings. The van der Waals surface area contributed by atoms with Crippen LogP contribution in [0, 0.1) is 6.92 Å². The van der Waals surface area contributed by atoms with Gasteiger partial charge in [0.15, 0.2) is 0 Å². The van der Waals surface area contributed by atoms with E-state index in [9.17, 15) is 14.4 Å². The van der Waals surface area contributed by atoms with E-state index in [4.69, 9.17) is 10.7 Å². The van der Waals surface area contributed by atoms with E-state index < -0.39 is 11.8 Å². The molecule has 7 nitrogen and oxygen atoms in total. The number of anilines is 1. The minimum atomic E-state index is -0.637. The molecule has 0 aliphatic heterocycles. The first-order chi connectivity index (χ1) is 16.4. The van der Waals surface area contributed by atoms with Crippen LogP contribution in [-0.4, -0.2) is 21.4 Å². The largest absolute Gasteiger partial charge is 0.366 e. The average molecular weight is 473 g/mol. The van der Waals surface area contributed by atoms with Gasteiger partial charge in [0.25, 0.3) is 11.5 Å². The normalized spacial score (nSPS) is 13.0. The lowest BCUT2D eigenvalue weighted by molar-refractivity contribution is -0.116. The minimum Gasteiger partial charge on any atom is -0.366 e. The van der Waals surface area contributed by atoms with Crippen molar-refractivity contribution >= 4 is 39.1 Å². The summed E-state index contributed by atoms with van der Waals surface area (Å²) < 4.78 is 1.45.